The van der Waals surface area contributed by atoms with Gasteiger partial charge >= 0.3 is 0 Å². The zero-order chi connectivity index (χ0) is 17.7. The van der Waals surface area contributed by atoms with Gasteiger partial charge in [-0.05, 0) is 31.0 Å². The lowest BCUT2D eigenvalue weighted by Crippen LogP contribution is -2.36. The van der Waals surface area contributed by atoms with Crippen LogP contribution < -0.4 is 15.5 Å². The van der Waals surface area contributed by atoms with Crippen LogP contribution in [0, 0.1) is 5.41 Å². The highest BCUT2D eigenvalue weighted by molar-refractivity contribution is 6.31. The Labute approximate surface area is 148 Å². The van der Waals surface area contributed by atoms with E-state index in [1.165, 1.54) is 0 Å². The molecule has 5 nitrogen and oxygen atoms in total. The predicted octanol–water partition coefficient (Wildman–Crippen LogP) is 3.43. The molecule has 0 bridgehead atoms. The molecule has 1 fully saturated rings. The molecule has 2 N–H and O–H groups in total. The SMILES string of the molecule is CC(C)(C)C(=O)NCCC(=O)Nc1cc(Cl)ccc1N1CCCC1. The number of hydrogen-bond donors (Lipinski definition) is 2. The van der Waals surface area contributed by atoms with Crippen LogP contribution in [0.1, 0.15) is 40.0 Å². The van der Waals surface area contributed by atoms with Crippen molar-refractivity contribution in [1.29, 1.82) is 0 Å². The summed E-state index contributed by atoms with van der Waals surface area (Å²) in [6, 6.07) is 5.57. The van der Waals surface area contributed by atoms with Crippen LogP contribution in [0.4, 0.5) is 11.4 Å². The van der Waals surface area contributed by atoms with Crippen molar-refractivity contribution < 1.29 is 9.59 Å². The molecule has 0 unspecified atom stereocenters. The van der Waals surface area contributed by atoms with Crippen molar-refractivity contribution in [1.82, 2.24) is 5.32 Å². The van der Waals surface area contributed by atoms with E-state index in [0.717, 1.165) is 37.3 Å². The Balaban J connectivity index is 1.93. The molecular weight excluding hydrogens is 326 g/mol. The van der Waals surface area contributed by atoms with Crippen molar-refractivity contribution in [3.8, 4) is 0 Å². The molecular formula is C18H26ClN3O2. The van der Waals surface area contributed by atoms with E-state index in [1.54, 1.807) is 6.07 Å². The van der Waals surface area contributed by atoms with Crippen LogP contribution in [0.25, 0.3) is 0 Å². The molecule has 0 aliphatic carbocycles. The maximum absolute atomic E-state index is 12.2. The Morgan fingerprint density at radius 2 is 1.88 bits per heavy atom. The molecule has 1 saturated heterocycles. The number of hydrogen-bond acceptors (Lipinski definition) is 3. The summed E-state index contributed by atoms with van der Waals surface area (Å²) in [6.07, 6.45) is 2.55. The third kappa shape index (κ3) is 5.13. The van der Waals surface area contributed by atoms with Crippen molar-refractivity contribution in [2.24, 2.45) is 5.41 Å². The summed E-state index contributed by atoms with van der Waals surface area (Å²) in [4.78, 5) is 26.3. The summed E-state index contributed by atoms with van der Waals surface area (Å²) in [5.74, 6) is -0.192. The molecule has 1 aliphatic rings. The number of amides is 2. The third-order valence-corrected chi connectivity index (χ3v) is 4.23. The lowest BCUT2D eigenvalue weighted by Gasteiger charge is -2.22. The van der Waals surface area contributed by atoms with E-state index in [-0.39, 0.29) is 18.2 Å². The quantitative estimate of drug-likeness (QED) is 0.854. The summed E-state index contributed by atoms with van der Waals surface area (Å²) in [7, 11) is 0. The van der Waals surface area contributed by atoms with Gasteiger partial charge in [-0.3, -0.25) is 9.59 Å². The van der Waals surface area contributed by atoms with Gasteiger partial charge in [0.1, 0.15) is 0 Å². The normalized spacial score (nSPS) is 14.6. The standard InChI is InChI=1S/C18H26ClN3O2/c1-18(2,3)17(24)20-9-8-16(23)21-14-12-13(19)6-7-15(14)22-10-4-5-11-22/h6-7,12H,4-5,8-11H2,1-3H3,(H,20,24)(H,21,23). The molecule has 2 rings (SSSR count). The minimum atomic E-state index is -0.452. The number of carbonyl (C=O) groups excluding carboxylic acids is 2. The molecule has 0 spiro atoms. The Morgan fingerprint density at radius 1 is 1.21 bits per heavy atom. The van der Waals surface area contributed by atoms with Gasteiger partial charge in [0.25, 0.3) is 0 Å². The molecule has 1 aromatic carbocycles. The van der Waals surface area contributed by atoms with Gasteiger partial charge in [-0.15, -0.1) is 0 Å². The molecule has 1 aliphatic heterocycles. The maximum Gasteiger partial charge on any atom is 0.226 e. The van der Waals surface area contributed by atoms with Crippen molar-refractivity contribution in [2.45, 2.75) is 40.0 Å². The predicted molar refractivity (Wildman–Crippen MR) is 98.6 cm³/mol. The highest BCUT2D eigenvalue weighted by atomic mass is 35.5. The first-order valence-corrected chi connectivity index (χ1v) is 8.78. The first-order valence-electron chi connectivity index (χ1n) is 8.40. The number of rotatable bonds is 5. The number of nitrogens with one attached hydrogen (secondary N) is 2. The Kier molecular flexibility index (Phi) is 6.10. The van der Waals surface area contributed by atoms with Crippen molar-refractivity contribution in [2.75, 3.05) is 29.9 Å². The lowest BCUT2D eigenvalue weighted by atomic mass is 9.96. The van der Waals surface area contributed by atoms with Crippen LogP contribution >= 0.6 is 11.6 Å². The molecule has 0 aromatic heterocycles. The van der Waals surface area contributed by atoms with Gasteiger partial charge in [-0.1, -0.05) is 32.4 Å². The van der Waals surface area contributed by atoms with Crippen molar-refractivity contribution in [3.63, 3.8) is 0 Å². The number of anilines is 2. The van der Waals surface area contributed by atoms with Gasteiger partial charge in [0, 0.05) is 36.5 Å². The van der Waals surface area contributed by atoms with Crippen molar-refractivity contribution in [3.05, 3.63) is 23.2 Å². The molecule has 0 atom stereocenters. The minimum absolute atomic E-state index is 0.0594. The number of benzene rings is 1. The highest BCUT2D eigenvalue weighted by Gasteiger charge is 2.21. The first-order chi connectivity index (χ1) is 11.3. The monoisotopic (exact) mass is 351 g/mol. The van der Waals surface area contributed by atoms with Gasteiger partial charge in [0.2, 0.25) is 11.8 Å². The van der Waals surface area contributed by atoms with Crippen LogP contribution in [0.5, 0.6) is 0 Å². The van der Waals surface area contributed by atoms with Gasteiger partial charge in [-0.2, -0.15) is 0 Å². The zero-order valence-electron chi connectivity index (χ0n) is 14.6. The molecule has 24 heavy (non-hydrogen) atoms. The van der Waals surface area contributed by atoms with Gasteiger partial charge < -0.3 is 15.5 Å². The minimum Gasteiger partial charge on any atom is -0.370 e. The molecule has 6 heteroatoms. The summed E-state index contributed by atoms with van der Waals surface area (Å²) in [5, 5.41) is 6.30. The van der Waals surface area contributed by atoms with Crippen molar-refractivity contribution >= 4 is 34.8 Å². The van der Waals surface area contributed by atoms with E-state index in [0.29, 0.717) is 11.6 Å². The fraction of sp³-hybridized carbons (Fsp3) is 0.556. The number of halogens is 1. The summed E-state index contributed by atoms with van der Waals surface area (Å²) < 4.78 is 0. The van der Waals surface area contributed by atoms with Crippen LogP contribution in [-0.4, -0.2) is 31.4 Å². The maximum atomic E-state index is 12.2. The van der Waals surface area contributed by atoms with E-state index in [2.05, 4.69) is 15.5 Å². The van der Waals surface area contributed by atoms with Crippen LogP contribution in [-0.2, 0) is 9.59 Å². The molecule has 0 radical (unpaired) electrons. The second-order valence-corrected chi connectivity index (χ2v) is 7.60. The fourth-order valence-corrected chi connectivity index (χ4v) is 2.78. The summed E-state index contributed by atoms with van der Waals surface area (Å²) in [6.45, 7) is 7.84. The zero-order valence-corrected chi connectivity index (χ0v) is 15.4. The molecule has 132 valence electrons. The Bertz CT molecular complexity index is 605. The lowest BCUT2D eigenvalue weighted by molar-refractivity contribution is -0.128. The molecule has 1 heterocycles. The van der Waals surface area contributed by atoms with Crippen LogP contribution in [0.15, 0.2) is 18.2 Å². The Morgan fingerprint density at radius 3 is 2.50 bits per heavy atom. The van der Waals surface area contributed by atoms with Crippen LogP contribution in [0.2, 0.25) is 5.02 Å². The number of nitrogens with zero attached hydrogens (tertiary/aromatic N) is 1. The van der Waals surface area contributed by atoms with Crippen LogP contribution in [0.3, 0.4) is 0 Å². The first kappa shape index (κ1) is 18.6. The van der Waals surface area contributed by atoms with E-state index < -0.39 is 5.41 Å². The van der Waals surface area contributed by atoms with E-state index in [9.17, 15) is 9.59 Å². The van der Waals surface area contributed by atoms with Gasteiger partial charge in [0.15, 0.2) is 0 Å². The fourth-order valence-electron chi connectivity index (χ4n) is 2.61. The Hall–Kier alpha value is -1.75. The van der Waals surface area contributed by atoms with E-state index in [4.69, 9.17) is 11.6 Å². The third-order valence-electron chi connectivity index (χ3n) is 4.00. The molecule has 1 aromatic rings. The highest BCUT2D eigenvalue weighted by Crippen LogP contribution is 2.31. The summed E-state index contributed by atoms with van der Waals surface area (Å²) in [5.41, 5.74) is 1.28. The second kappa shape index (κ2) is 7.88. The average Bonchev–Trinajstić information content (AvgIpc) is 3.00. The van der Waals surface area contributed by atoms with E-state index >= 15 is 0 Å². The van der Waals surface area contributed by atoms with Gasteiger partial charge in [-0.25, -0.2) is 0 Å². The van der Waals surface area contributed by atoms with Gasteiger partial charge in [0.05, 0.1) is 11.4 Å². The van der Waals surface area contributed by atoms with E-state index in [1.807, 2.05) is 32.9 Å². The molecule has 0 saturated carbocycles. The second-order valence-electron chi connectivity index (χ2n) is 7.16. The molecule has 2 amide bonds. The largest absolute Gasteiger partial charge is 0.370 e. The summed E-state index contributed by atoms with van der Waals surface area (Å²) >= 11 is 6.08. The number of carbonyl (C=O) groups is 2. The topological polar surface area (TPSA) is 61.4 Å². The average molecular weight is 352 g/mol. The smallest absolute Gasteiger partial charge is 0.226 e.